The summed E-state index contributed by atoms with van der Waals surface area (Å²) in [4.78, 5) is 33.9. The molecule has 0 spiro atoms. The highest BCUT2D eigenvalue weighted by atomic mass is 16.1. The molecule has 0 aliphatic carbocycles. The van der Waals surface area contributed by atoms with Gasteiger partial charge < -0.3 is 10.6 Å². The number of hydrogen-bond acceptors (Lipinski definition) is 5. The van der Waals surface area contributed by atoms with Gasteiger partial charge in [-0.15, -0.1) is 0 Å². The molecule has 7 nitrogen and oxygen atoms in total. The molecule has 7 heteroatoms. The molecule has 0 bridgehead atoms. The topological polar surface area (TPSA) is 88.4 Å². The van der Waals surface area contributed by atoms with Gasteiger partial charge in [0.25, 0.3) is 11.5 Å². The number of aryl methyl sites for hydroxylation is 1. The van der Waals surface area contributed by atoms with E-state index < -0.39 is 0 Å². The Balaban J connectivity index is 2.34. The number of amides is 1. The van der Waals surface area contributed by atoms with E-state index in [0.717, 1.165) is 5.56 Å². The van der Waals surface area contributed by atoms with E-state index in [1.54, 1.807) is 18.3 Å². The summed E-state index contributed by atoms with van der Waals surface area (Å²) in [6.07, 6.45) is 1.73. The maximum absolute atomic E-state index is 12.8. The Morgan fingerprint density at radius 3 is 2.71 bits per heavy atom. The standard InChI is InChI=1S/C17H19N5O2/c1-4-18-14-11(16(23)19-5-2)8-12-15(21-14)20-13-7-6-10(3)9-22(13)17(12)24/h6-9H,4-5H2,1-3H3,(H,18,21)(H,19,23). The number of rotatable bonds is 4. The fourth-order valence-electron chi connectivity index (χ4n) is 2.57. The third-order valence-electron chi connectivity index (χ3n) is 3.67. The molecule has 0 aliphatic rings. The zero-order valence-corrected chi connectivity index (χ0v) is 13.9. The molecule has 3 rings (SSSR count). The second kappa shape index (κ2) is 6.27. The van der Waals surface area contributed by atoms with Gasteiger partial charge in [0.05, 0.1) is 10.9 Å². The number of aromatic nitrogens is 3. The summed E-state index contributed by atoms with van der Waals surface area (Å²) in [5.41, 5.74) is 1.91. The van der Waals surface area contributed by atoms with Crippen molar-refractivity contribution >= 4 is 28.4 Å². The second-order valence-corrected chi connectivity index (χ2v) is 5.50. The minimum atomic E-state index is -0.267. The maximum atomic E-state index is 12.8. The van der Waals surface area contributed by atoms with Gasteiger partial charge in [0.2, 0.25) is 0 Å². The lowest BCUT2D eigenvalue weighted by Gasteiger charge is -2.11. The average Bonchev–Trinajstić information content (AvgIpc) is 2.56. The Morgan fingerprint density at radius 1 is 1.21 bits per heavy atom. The van der Waals surface area contributed by atoms with Crippen LogP contribution in [0.1, 0.15) is 29.8 Å². The first-order chi connectivity index (χ1) is 11.5. The molecular formula is C17H19N5O2. The summed E-state index contributed by atoms with van der Waals surface area (Å²) in [5, 5.41) is 6.13. The zero-order chi connectivity index (χ0) is 17.3. The first kappa shape index (κ1) is 15.9. The van der Waals surface area contributed by atoms with Gasteiger partial charge in [0.1, 0.15) is 11.5 Å². The van der Waals surface area contributed by atoms with E-state index in [-0.39, 0.29) is 11.5 Å². The van der Waals surface area contributed by atoms with E-state index in [2.05, 4.69) is 20.6 Å². The number of hydrogen-bond donors (Lipinski definition) is 2. The summed E-state index contributed by atoms with van der Waals surface area (Å²) in [7, 11) is 0. The predicted octanol–water partition coefficient (Wildman–Crippen LogP) is 1.73. The van der Waals surface area contributed by atoms with Gasteiger partial charge >= 0.3 is 0 Å². The van der Waals surface area contributed by atoms with Crippen molar-refractivity contribution in [1.82, 2.24) is 19.7 Å². The highest BCUT2D eigenvalue weighted by Crippen LogP contribution is 2.18. The summed E-state index contributed by atoms with van der Waals surface area (Å²) < 4.78 is 1.48. The van der Waals surface area contributed by atoms with Gasteiger partial charge in [0.15, 0.2) is 5.65 Å². The van der Waals surface area contributed by atoms with Crippen molar-refractivity contribution in [2.24, 2.45) is 0 Å². The molecule has 0 radical (unpaired) electrons. The van der Waals surface area contributed by atoms with Crippen molar-refractivity contribution in [3.8, 4) is 0 Å². The van der Waals surface area contributed by atoms with E-state index in [4.69, 9.17) is 0 Å². The van der Waals surface area contributed by atoms with Crippen LogP contribution >= 0.6 is 0 Å². The molecule has 0 saturated carbocycles. The largest absolute Gasteiger partial charge is 0.370 e. The summed E-state index contributed by atoms with van der Waals surface area (Å²) in [6.45, 7) is 6.76. The van der Waals surface area contributed by atoms with Crippen molar-refractivity contribution in [2.45, 2.75) is 20.8 Å². The molecule has 0 aliphatic heterocycles. The monoisotopic (exact) mass is 325 g/mol. The molecule has 1 amide bonds. The molecule has 2 N–H and O–H groups in total. The van der Waals surface area contributed by atoms with E-state index in [1.165, 1.54) is 4.40 Å². The molecule has 0 unspecified atom stereocenters. The molecule has 0 aromatic carbocycles. The third kappa shape index (κ3) is 2.68. The Kier molecular flexibility index (Phi) is 4.16. The lowest BCUT2D eigenvalue weighted by Crippen LogP contribution is -2.25. The second-order valence-electron chi connectivity index (χ2n) is 5.50. The number of carbonyl (C=O) groups is 1. The Morgan fingerprint density at radius 2 is 2.00 bits per heavy atom. The van der Waals surface area contributed by atoms with Crippen molar-refractivity contribution in [3.05, 3.63) is 45.9 Å². The van der Waals surface area contributed by atoms with Crippen LogP contribution < -0.4 is 16.2 Å². The van der Waals surface area contributed by atoms with Crippen LogP contribution in [-0.4, -0.2) is 33.4 Å². The third-order valence-corrected chi connectivity index (χ3v) is 3.67. The highest BCUT2D eigenvalue weighted by molar-refractivity contribution is 6.01. The fraction of sp³-hybridized carbons (Fsp3) is 0.294. The van der Waals surface area contributed by atoms with Crippen molar-refractivity contribution < 1.29 is 4.79 Å². The molecule has 0 saturated heterocycles. The number of nitrogens with one attached hydrogen (secondary N) is 2. The normalized spacial score (nSPS) is 11.0. The lowest BCUT2D eigenvalue weighted by molar-refractivity contribution is 0.0956. The number of fused-ring (bicyclic) bond motifs is 2. The van der Waals surface area contributed by atoms with E-state index >= 15 is 0 Å². The van der Waals surface area contributed by atoms with Crippen LogP contribution in [0, 0.1) is 6.92 Å². The quantitative estimate of drug-likeness (QED) is 0.713. The first-order valence-electron chi connectivity index (χ1n) is 7.91. The Hall–Kier alpha value is -2.96. The van der Waals surface area contributed by atoms with Gasteiger partial charge in [-0.2, -0.15) is 0 Å². The average molecular weight is 325 g/mol. The smallest absolute Gasteiger partial charge is 0.267 e. The number of pyridine rings is 2. The Labute approximate surface area is 138 Å². The maximum Gasteiger partial charge on any atom is 0.267 e. The molecule has 3 aromatic rings. The van der Waals surface area contributed by atoms with E-state index in [0.29, 0.717) is 41.2 Å². The summed E-state index contributed by atoms with van der Waals surface area (Å²) in [5.74, 6) is 0.163. The molecular weight excluding hydrogens is 306 g/mol. The molecule has 24 heavy (non-hydrogen) atoms. The van der Waals surface area contributed by atoms with Crippen LogP contribution in [0.4, 0.5) is 5.82 Å². The molecule has 3 heterocycles. The molecule has 3 aromatic heterocycles. The van der Waals surface area contributed by atoms with Gasteiger partial charge in [-0.3, -0.25) is 14.0 Å². The highest BCUT2D eigenvalue weighted by Gasteiger charge is 2.16. The van der Waals surface area contributed by atoms with Crippen molar-refractivity contribution in [3.63, 3.8) is 0 Å². The molecule has 0 fully saturated rings. The molecule has 0 atom stereocenters. The first-order valence-corrected chi connectivity index (χ1v) is 7.91. The fourth-order valence-corrected chi connectivity index (χ4v) is 2.57. The predicted molar refractivity (Wildman–Crippen MR) is 93.7 cm³/mol. The summed E-state index contributed by atoms with van der Waals surface area (Å²) >= 11 is 0. The van der Waals surface area contributed by atoms with Crippen LogP contribution in [0.5, 0.6) is 0 Å². The van der Waals surface area contributed by atoms with Crippen molar-refractivity contribution in [2.75, 3.05) is 18.4 Å². The van der Waals surface area contributed by atoms with Crippen LogP contribution in [0.3, 0.4) is 0 Å². The van der Waals surface area contributed by atoms with Gasteiger partial charge in [0, 0.05) is 19.3 Å². The van der Waals surface area contributed by atoms with Gasteiger partial charge in [-0.05, 0) is 38.5 Å². The lowest BCUT2D eigenvalue weighted by atomic mass is 10.2. The van der Waals surface area contributed by atoms with Crippen molar-refractivity contribution in [1.29, 1.82) is 0 Å². The zero-order valence-electron chi connectivity index (χ0n) is 13.9. The van der Waals surface area contributed by atoms with E-state index in [1.807, 2.05) is 26.8 Å². The van der Waals surface area contributed by atoms with Crippen LogP contribution in [0.25, 0.3) is 16.7 Å². The SMILES string of the molecule is CCNC(=O)c1cc2c(=O)n3cc(C)ccc3nc2nc1NCC. The minimum absolute atomic E-state index is 0.236. The number of nitrogens with zero attached hydrogens (tertiary/aromatic N) is 3. The van der Waals surface area contributed by atoms with Crippen LogP contribution in [0.15, 0.2) is 29.2 Å². The van der Waals surface area contributed by atoms with Crippen LogP contribution in [-0.2, 0) is 0 Å². The van der Waals surface area contributed by atoms with E-state index in [9.17, 15) is 9.59 Å². The summed E-state index contributed by atoms with van der Waals surface area (Å²) in [6, 6.07) is 5.24. The Bertz CT molecular complexity index is 994. The van der Waals surface area contributed by atoms with Gasteiger partial charge in [-0.25, -0.2) is 9.97 Å². The minimum Gasteiger partial charge on any atom is -0.370 e. The number of carbonyl (C=O) groups excluding carboxylic acids is 1. The van der Waals surface area contributed by atoms with Gasteiger partial charge in [-0.1, -0.05) is 6.07 Å². The molecule has 124 valence electrons. The van der Waals surface area contributed by atoms with Crippen LogP contribution in [0.2, 0.25) is 0 Å². The number of anilines is 1.